The Morgan fingerprint density at radius 2 is 1.68 bits per heavy atom. The number of nitrogens with zero attached hydrogens (tertiary/aromatic N) is 2. The normalized spacial score (nSPS) is 15.9. The van der Waals surface area contributed by atoms with Gasteiger partial charge in [-0.05, 0) is 127 Å². The molecule has 0 amide bonds. The molecule has 2 N–H and O–H groups in total. The predicted octanol–water partition coefficient (Wildman–Crippen LogP) is 7.19. The van der Waals surface area contributed by atoms with Crippen molar-refractivity contribution in [2.45, 2.75) is 76.2 Å². The van der Waals surface area contributed by atoms with Crippen LogP contribution in [0, 0.1) is 6.92 Å². The zero-order valence-corrected chi connectivity index (χ0v) is 25.8. The van der Waals surface area contributed by atoms with Crippen LogP contribution in [-0.2, 0) is 16.4 Å². The Morgan fingerprint density at radius 1 is 0.951 bits per heavy atom. The maximum Gasteiger partial charge on any atom is 0.182 e. The van der Waals surface area contributed by atoms with Crippen molar-refractivity contribution in [2.75, 3.05) is 30.8 Å². The van der Waals surface area contributed by atoms with Crippen molar-refractivity contribution in [3.05, 3.63) is 70.8 Å². The maximum absolute atomic E-state index is 13.1. The van der Waals surface area contributed by atoms with Crippen LogP contribution in [-0.4, -0.2) is 51.0 Å². The smallest absolute Gasteiger partial charge is 0.182 e. The molecule has 2 aliphatic heterocycles. The van der Waals surface area contributed by atoms with E-state index in [-0.39, 0.29) is 6.10 Å². The highest BCUT2D eigenvalue weighted by atomic mass is 32.2. The first kappa shape index (κ1) is 29.1. The van der Waals surface area contributed by atoms with E-state index < -0.39 is 15.1 Å². The molecule has 1 fully saturated rings. The molecule has 0 radical (unpaired) electrons. The van der Waals surface area contributed by atoms with Crippen LogP contribution in [0.25, 0.3) is 0 Å². The van der Waals surface area contributed by atoms with Crippen molar-refractivity contribution in [1.82, 2.24) is 4.90 Å². The molecule has 2 aliphatic rings. The number of benzene rings is 3. The van der Waals surface area contributed by atoms with E-state index in [0.717, 1.165) is 59.9 Å². The zero-order chi connectivity index (χ0) is 29.3. The van der Waals surface area contributed by atoms with Crippen molar-refractivity contribution >= 4 is 38.8 Å². The maximum atomic E-state index is 13.1. The number of fused-ring (bicyclic) bond motifs is 1. The van der Waals surface area contributed by atoms with E-state index in [1.54, 1.807) is 26.0 Å². The Bertz CT molecular complexity index is 1550. The van der Waals surface area contributed by atoms with Gasteiger partial charge in [-0.3, -0.25) is 4.99 Å². The average molecular weight is 575 g/mol. The molecular weight excluding hydrogens is 532 g/mol. The van der Waals surface area contributed by atoms with Crippen LogP contribution < -0.4 is 15.4 Å². The third kappa shape index (κ3) is 6.28. The van der Waals surface area contributed by atoms with E-state index in [2.05, 4.69) is 66.5 Å². The third-order valence-electron chi connectivity index (χ3n) is 8.00. The fourth-order valence-corrected chi connectivity index (χ4v) is 6.89. The first-order valence-electron chi connectivity index (χ1n) is 14.6. The number of rotatable bonds is 9. The van der Waals surface area contributed by atoms with E-state index in [1.807, 2.05) is 24.4 Å². The molecule has 0 atom stereocenters. The quantitative estimate of drug-likeness (QED) is 0.281. The summed E-state index contributed by atoms with van der Waals surface area (Å²) in [5.74, 6) is 1.38. The fourth-order valence-electron chi connectivity index (χ4n) is 5.69. The van der Waals surface area contributed by atoms with Gasteiger partial charge in [0.05, 0.1) is 34.2 Å². The number of nitrogens with one attached hydrogen (secondary N) is 2. The number of anilines is 4. The number of sulfone groups is 1. The van der Waals surface area contributed by atoms with Crippen LogP contribution in [0.3, 0.4) is 0 Å². The monoisotopic (exact) mass is 574 g/mol. The molecule has 0 bridgehead atoms. The van der Waals surface area contributed by atoms with Gasteiger partial charge in [0.2, 0.25) is 0 Å². The molecule has 0 saturated carbocycles. The molecule has 3 aromatic rings. The number of piperidine rings is 1. The first-order valence-corrected chi connectivity index (χ1v) is 16.1. The van der Waals surface area contributed by atoms with Gasteiger partial charge >= 0.3 is 0 Å². The lowest BCUT2D eigenvalue weighted by molar-refractivity contribution is 0.241. The molecule has 0 unspecified atom stereocenters. The molecule has 0 aliphatic carbocycles. The Kier molecular flexibility index (Phi) is 8.43. The van der Waals surface area contributed by atoms with Gasteiger partial charge in [0.15, 0.2) is 9.84 Å². The molecule has 1 saturated heterocycles. The van der Waals surface area contributed by atoms with Crippen molar-refractivity contribution in [3.63, 3.8) is 0 Å². The second-order valence-corrected chi connectivity index (χ2v) is 14.3. The Hall–Kier alpha value is -3.36. The van der Waals surface area contributed by atoms with Gasteiger partial charge in [0.1, 0.15) is 5.75 Å². The molecule has 218 valence electrons. The molecular formula is C33H42N4O3S. The second-order valence-electron chi connectivity index (χ2n) is 11.9. The topological polar surface area (TPSA) is 83.0 Å². The fraction of sp³-hybridized carbons (Fsp3) is 0.424. The molecule has 8 heteroatoms. The summed E-state index contributed by atoms with van der Waals surface area (Å²) < 4.78 is 32.5. The summed E-state index contributed by atoms with van der Waals surface area (Å²) >= 11 is 0. The van der Waals surface area contributed by atoms with Gasteiger partial charge in [-0.1, -0.05) is 12.1 Å². The van der Waals surface area contributed by atoms with Crippen LogP contribution in [0.15, 0.2) is 58.4 Å². The van der Waals surface area contributed by atoms with Gasteiger partial charge in [-0.2, -0.15) is 0 Å². The SMILES string of the molecule is Cc1cc(Nc2cc3c(c(Nc4ccccc4S(=O)(=O)C(C)C)c2)C=NC3)c(OC(C)C)cc1C1CCN(C)CC1. The Morgan fingerprint density at radius 3 is 2.39 bits per heavy atom. The number of ether oxygens (including phenoxy) is 1. The van der Waals surface area contributed by atoms with Crippen molar-refractivity contribution in [2.24, 2.45) is 4.99 Å². The number of aryl methyl sites for hydroxylation is 1. The molecule has 41 heavy (non-hydrogen) atoms. The highest BCUT2D eigenvalue weighted by molar-refractivity contribution is 7.92. The predicted molar refractivity (Wildman–Crippen MR) is 169 cm³/mol. The minimum absolute atomic E-state index is 0.0358. The third-order valence-corrected chi connectivity index (χ3v) is 10.2. The van der Waals surface area contributed by atoms with E-state index in [9.17, 15) is 8.42 Å². The summed E-state index contributed by atoms with van der Waals surface area (Å²) in [5.41, 5.74) is 7.85. The van der Waals surface area contributed by atoms with Crippen molar-refractivity contribution in [3.8, 4) is 5.75 Å². The lowest BCUT2D eigenvalue weighted by atomic mass is 9.86. The van der Waals surface area contributed by atoms with Crippen molar-refractivity contribution < 1.29 is 13.2 Å². The summed E-state index contributed by atoms with van der Waals surface area (Å²) in [5, 5.41) is 6.53. The summed E-state index contributed by atoms with van der Waals surface area (Å²) in [6.07, 6.45) is 4.20. The van der Waals surface area contributed by atoms with Gasteiger partial charge in [-0.15, -0.1) is 0 Å². The summed E-state index contributed by atoms with van der Waals surface area (Å²) in [6.45, 7) is 12.5. The lowest BCUT2D eigenvalue weighted by Crippen LogP contribution is -2.29. The van der Waals surface area contributed by atoms with Crippen LogP contribution in [0.5, 0.6) is 5.75 Å². The Balaban J connectivity index is 1.50. The summed E-state index contributed by atoms with van der Waals surface area (Å²) in [4.78, 5) is 7.19. The van der Waals surface area contributed by atoms with E-state index in [4.69, 9.17) is 4.74 Å². The summed E-state index contributed by atoms with van der Waals surface area (Å²) in [6, 6.07) is 15.7. The standard InChI is InChI=1S/C33H42N4O3S/c1-21(2)40-32-18-27(24-11-13-37(6)14-12-24)23(5)15-31(32)35-26-16-25-19-34-20-28(25)30(17-26)36-29-9-7-8-10-33(29)41(38,39)22(3)4/h7-10,15-18,20-22,24,35-36H,11-14,19H2,1-6H3. The molecule has 2 heterocycles. The first-order chi connectivity index (χ1) is 19.5. The van der Waals surface area contributed by atoms with E-state index in [1.165, 1.54) is 11.1 Å². The number of hydrogen-bond acceptors (Lipinski definition) is 7. The largest absolute Gasteiger partial charge is 0.489 e. The zero-order valence-electron chi connectivity index (χ0n) is 25.0. The molecule has 0 aromatic heterocycles. The second kappa shape index (κ2) is 11.9. The van der Waals surface area contributed by atoms with Crippen LogP contribution >= 0.6 is 0 Å². The number of hydrogen-bond donors (Lipinski definition) is 2. The lowest BCUT2D eigenvalue weighted by Gasteiger charge is -2.31. The molecule has 7 nitrogen and oxygen atoms in total. The molecule has 0 spiro atoms. The molecule has 3 aromatic carbocycles. The minimum Gasteiger partial charge on any atom is -0.489 e. The number of para-hydroxylation sites is 1. The number of likely N-dealkylation sites (tertiary alicyclic amines) is 1. The number of aliphatic imine (C=N–C) groups is 1. The Labute approximate surface area is 245 Å². The highest BCUT2D eigenvalue weighted by Crippen LogP contribution is 2.40. The van der Waals surface area contributed by atoms with Crippen molar-refractivity contribution in [1.29, 1.82) is 0 Å². The molecule has 5 rings (SSSR count). The van der Waals surface area contributed by atoms with Gasteiger partial charge in [-0.25, -0.2) is 8.42 Å². The van der Waals surface area contributed by atoms with Crippen LogP contribution in [0.1, 0.15) is 68.7 Å². The average Bonchev–Trinajstić information content (AvgIpc) is 3.40. The highest BCUT2D eigenvalue weighted by Gasteiger charge is 2.25. The van der Waals surface area contributed by atoms with Crippen LogP contribution in [0.4, 0.5) is 22.7 Å². The van der Waals surface area contributed by atoms with E-state index >= 15 is 0 Å². The van der Waals surface area contributed by atoms with Gasteiger partial charge in [0.25, 0.3) is 0 Å². The van der Waals surface area contributed by atoms with Gasteiger partial charge in [0, 0.05) is 23.2 Å². The van der Waals surface area contributed by atoms with Gasteiger partial charge < -0.3 is 20.3 Å². The summed E-state index contributed by atoms with van der Waals surface area (Å²) in [7, 11) is -1.28. The van der Waals surface area contributed by atoms with E-state index in [0.29, 0.717) is 23.0 Å². The van der Waals surface area contributed by atoms with Crippen LogP contribution in [0.2, 0.25) is 0 Å². The minimum atomic E-state index is -3.47.